The average Bonchev–Trinajstić information content (AvgIpc) is 2.32. The van der Waals surface area contributed by atoms with Gasteiger partial charge in [0.2, 0.25) is 5.91 Å². The molecule has 3 nitrogen and oxygen atoms in total. The van der Waals surface area contributed by atoms with Crippen molar-refractivity contribution in [1.29, 1.82) is 0 Å². The molecule has 0 aliphatic carbocycles. The number of rotatable bonds is 4. The summed E-state index contributed by atoms with van der Waals surface area (Å²) < 4.78 is 0. The number of hydrogen-bond donors (Lipinski definition) is 2. The summed E-state index contributed by atoms with van der Waals surface area (Å²) in [6, 6.07) is 9.25. The van der Waals surface area contributed by atoms with Gasteiger partial charge in [-0.25, -0.2) is 0 Å². The smallest absolute Gasteiger partial charge is 0.247 e. The number of carbonyl (C=O) groups is 1. The third kappa shape index (κ3) is 7.76. The molecule has 0 saturated heterocycles. The molecule has 0 aliphatic heterocycles. The van der Waals surface area contributed by atoms with E-state index in [1.807, 2.05) is 30.3 Å². The highest BCUT2D eigenvalue weighted by Gasteiger charge is 1.92. The van der Waals surface area contributed by atoms with Crippen molar-refractivity contribution in [3.05, 3.63) is 43.0 Å². The Balaban J connectivity index is 0.000000385. The summed E-state index contributed by atoms with van der Waals surface area (Å²) in [5.41, 5.74) is 0.789. The zero-order valence-corrected chi connectivity index (χ0v) is 9.99. The lowest BCUT2D eigenvalue weighted by Gasteiger charge is -1.98. The maximum Gasteiger partial charge on any atom is 0.247 e. The second-order valence-corrected chi connectivity index (χ2v) is 3.02. The van der Waals surface area contributed by atoms with Gasteiger partial charge in [-0.05, 0) is 31.3 Å². The molecule has 0 radical (unpaired) electrons. The summed E-state index contributed by atoms with van der Waals surface area (Å²) in [6.07, 6.45) is 1.24. The molecule has 1 rings (SSSR count). The molecule has 0 fully saturated rings. The van der Waals surface area contributed by atoms with Gasteiger partial charge in [0.15, 0.2) is 0 Å². The van der Waals surface area contributed by atoms with Crippen molar-refractivity contribution in [2.45, 2.75) is 13.8 Å². The van der Waals surface area contributed by atoms with Gasteiger partial charge in [-0.1, -0.05) is 38.6 Å². The molecule has 0 aliphatic rings. The molecule has 0 atom stereocenters. The van der Waals surface area contributed by atoms with Crippen LogP contribution in [0.25, 0.3) is 0 Å². The van der Waals surface area contributed by atoms with Crippen LogP contribution in [0.1, 0.15) is 13.8 Å². The number of para-hydroxylation sites is 1. The number of anilines is 1. The van der Waals surface area contributed by atoms with Crippen LogP contribution in [0.5, 0.6) is 0 Å². The molecule has 3 heteroatoms. The standard InChI is InChI=1S/C9H9NO.C4H11N/c1-2-9(11)10-8-6-4-3-5-7-8;1-3-5-4-2/h2-7H,1H2,(H,10,11);5H,3-4H2,1-2H3. The number of nitrogens with one attached hydrogen (secondary N) is 2. The first kappa shape index (κ1) is 14.4. The lowest BCUT2D eigenvalue weighted by atomic mass is 10.3. The minimum Gasteiger partial charge on any atom is -0.323 e. The highest BCUT2D eigenvalue weighted by molar-refractivity contribution is 5.98. The Bertz CT molecular complexity index is 294. The summed E-state index contributed by atoms with van der Waals surface area (Å²) in [5.74, 6) is -0.184. The molecule has 0 heterocycles. The van der Waals surface area contributed by atoms with Crippen molar-refractivity contribution < 1.29 is 4.79 Å². The third-order valence-electron chi connectivity index (χ3n) is 1.73. The molecular formula is C13H20N2O. The lowest BCUT2D eigenvalue weighted by Crippen LogP contribution is -2.09. The molecule has 88 valence electrons. The van der Waals surface area contributed by atoms with Crippen LogP contribution >= 0.6 is 0 Å². The van der Waals surface area contributed by atoms with Crippen LogP contribution in [0.2, 0.25) is 0 Å². The topological polar surface area (TPSA) is 41.1 Å². The Morgan fingerprint density at radius 3 is 2.19 bits per heavy atom. The van der Waals surface area contributed by atoms with Crippen LogP contribution in [-0.2, 0) is 4.79 Å². The van der Waals surface area contributed by atoms with Crippen molar-refractivity contribution in [3.63, 3.8) is 0 Å². The van der Waals surface area contributed by atoms with Gasteiger partial charge >= 0.3 is 0 Å². The summed E-state index contributed by atoms with van der Waals surface area (Å²) in [7, 11) is 0. The Morgan fingerprint density at radius 2 is 1.81 bits per heavy atom. The van der Waals surface area contributed by atoms with Crippen molar-refractivity contribution in [1.82, 2.24) is 5.32 Å². The number of hydrogen-bond acceptors (Lipinski definition) is 2. The number of amides is 1. The van der Waals surface area contributed by atoms with Crippen molar-refractivity contribution in [2.24, 2.45) is 0 Å². The zero-order valence-electron chi connectivity index (χ0n) is 9.99. The highest BCUT2D eigenvalue weighted by atomic mass is 16.1. The van der Waals surface area contributed by atoms with Crippen molar-refractivity contribution in [3.8, 4) is 0 Å². The van der Waals surface area contributed by atoms with E-state index in [2.05, 4.69) is 31.1 Å². The minimum atomic E-state index is -0.184. The highest BCUT2D eigenvalue weighted by Crippen LogP contribution is 2.03. The Kier molecular flexibility index (Phi) is 8.93. The maximum atomic E-state index is 10.8. The van der Waals surface area contributed by atoms with E-state index in [1.54, 1.807) is 0 Å². The van der Waals surface area contributed by atoms with E-state index in [1.165, 1.54) is 6.08 Å². The SMILES string of the molecule is C=CC(=O)Nc1ccccc1.CCNCC. The normalized spacial score (nSPS) is 8.62. The number of carbonyl (C=O) groups excluding carboxylic acids is 1. The van der Waals surface area contributed by atoms with E-state index in [9.17, 15) is 4.79 Å². The van der Waals surface area contributed by atoms with Crippen LogP contribution in [0.4, 0.5) is 5.69 Å². The maximum absolute atomic E-state index is 10.8. The summed E-state index contributed by atoms with van der Waals surface area (Å²) in [6.45, 7) is 9.73. The Labute approximate surface area is 97.6 Å². The average molecular weight is 220 g/mol. The predicted octanol–water partition coefficient (Wildman–Crippen LogP) is 2.43. The molecule has 0 saturated carbocycles. The fourth-order valence-electron chi connectivity index (χ4n) is 0.965. The van der Waals surface area contributed by atoms with Gasteiger partial charge in [-0.15, -0.1) is 0 Å². The molecule has 0 aromatic heterocycles. The van der Waals surface area contributed by atoms with Crippen LogP contribution in [0.3, 0.4) is 0 Å². The predicted molar refractivity (Wildman–Crippen MR) is 69.5 cm³/mol. The first-order valence-corrected chi connectivity index (χ1v) is 5.43. The molecule has 0 unspecified atom stereocenters. The third-order valence-corrected chi connectivity index (χ3v) is 1.73. The molecule has 0 spiro atoms. The van der Waals surface area contributed by atoms with Gasteiger partial charge in [0.05, 0.1) is 0 Å². The first-order chi connectivity index (χ1) is 7.74. The molecular weight excluding hydrogens is 200 g/mol. The second kappa shape index (κ2) is 9.93. The van der Waals surface area contributed by atoms with E-state index in [-0.39, 0.29) is 5.91 Å². The summed E-state index contributed by atoms with van der Waals surface area (Å²) >= 11 is 0. The van der Waals surface area contributed by atoms with Gasteiger partial charge in [-0.3, -0.25) is 4.79 Å². The molecule has 1 amide bonds. The Morgan fingerprint density at radius 1 is 1.25 bits per heavy atom. The van der Waals surface area contributed by atoms with E-state index in [4.69, 9.17) is 0 Å². The molecule has 0 bridgehead atoms. The monoisotopic (exact) mass is 220 g/mol. The van der Waals surface area contributed by atoms with E-state index < -0.39 is 0 Å². The minimum absolute atomic E-state index is 0.184. The fourth-order valence-corrected chi connectivity index (χ4v) is 0.965. The van der Waals surface area contributed by atoms with Crippen LogP contribution < -0.4 is 10.6 Å². The zero-order chi connectivity index (χ0) is 12.2. The second-order valence-electron chi connectivity index (χ2n) is 3.02. The van der Waals surface area contributed by atoms with Gasteiger partial charge in [0, 0.05) is 5.69 Å². The van der Waals surface area contributed by atoms with Gasteiger partial charge in [0.25, 0.3) is 0 Å². The quantitative estimate of drug-likeness (QED) is 0.765. The van der Waals surface area contributed by atoms with E-state index in [0.717, 1.165) is 18.8 Å². The van der Waals surface area contributed by atoms with Gasteiger partial charge in [0.1, 0.15) is 0 Å². The van der Waals surface area contributed by atoms with E-state index in [0.29, 0.717) is 0 Å². The molecule has 2 N–H and O–H groups in total. The number of benzene rings is 1. The van der Waals surface area contributed by atoms with Crippen LogP contribution in [-0.4, -0.2) is 19.0 Å². The van der Waals surface area contributed by atoms with Gasteiger partial charge in [-0.2, -0.15) is 0 Å². The first-order valence-electron chi connectivity index (χ1n) is 5.43. The lowest BCUT2D eigenvalue weighted by molar-refractivity contribution is -0.111. The summed E-state index contributed by atoms with van der Waals surface area (Å²) in [4.78, 5) is 10.8. The van der Waals surface area contributed by atoms with Crippen molar-refractivity contribution >= 4 is 11.6 Å². The van der Waals surface area contributed by atoms with Crippen LogP contribution in [0, 0.1) is 0 Å². The van der Waals surface area contributed by atoms with E-state index >= 15 is 0 Å². The largest absolute Gasteiger partial charge is 0.323 e. The molecule has 1 aromatic carbocycles. The van der Waals surface area contributed by atoms with Gasteiger partial charge < -0.3 is 10.6 Å². The van der Waals surface area contributed by atoms with Crippen molar-refractivity contribution in [2.75, 3.05) is 18.4 Å². The summed E-state index contributed by atoms with van der Waals surface area (Å²) in [5, 5.41) is 5.75. The molecule has 16 heavy (non-hydrogen) atoms. The van der Waals surface area contributed by atoms with Crippen LogP contribution in [0.15, 0.2) is 43.0 Å². The fraction of sp³-hybridized carbons (Fsp3) is 0.308. The Hall–Kier alpha value is -1.61. The molecule has 1 aromatic rings.